The third kappa shape index (κ3) is 3.63. The fourth-order valence-electron chi connectivity index (χ4n) is 3.80. The number of rotatable bonds is 5. The maximum atomic E-state index is 13.0. The smallest absolute Gasteiger partial charge is 0.272 e. The van der Waals surface area contributed by atoms with Gasteiger partial charge in [0.15, 0.2) is 0 Å². The number of hydrogen-bond donors (Lipinski definition) is 0. The number of hydrogen-bond acceptors (Lipinski definition) is 4. The van der Waals surface area contributed by atoms with Gasteiger partial charge in [-0.3, -0.25) is 14.5 Å². The van der Waals surface area contributed by atoms with Crippen LogP contribution in [0.15, 0.2) is 49.2 Å². The zero-order chi connectivity index (χ0) is 18.6. The van der Waals surface area contributed by atoms with Crippen molar-refractivity contribution in [3.05, 3.63) is 66.3 Å². The molecule has 0 aromatic carbocycles. The van der Waals surface area contributed by atoms with Crippen LogP contribution in [-0.2, 0) is 13.1 Å². The molecule has 0 N–H and O–H groups in total. The maximum Gasteiger partial charge on any atom is 0.272 e. The summed E-state index contributed by atoms with van der Waals surface area (Å²) in [7, 11) is 0. The molecule has 3 aromatic rings. The van der Waals surface area contributed by atoms with Crippen LogP contribution in [0.4, 0.5) is 0 Å². The number of carbonyl (C=O) groups is 1. The van der Waals surface area contributed by atoms with Crippen molar-refractivity contribution in [2.75, 3.05) is 13.1 Å². The van der Waals surface area contributed by atoms with Crippen molar-refractivity contribution in [3.63, 3.8) is 0 Å². The second-order valence-corrected chi connectivity index (χ2v) is 6.90. The molecule has 3 aromatic heterocycles. The van der Waals surface area contributed by atoms with Gasteiger partial charge >= 0.3 is 0 Å². The number of nitrogens with zero attached hydrogens (tertiary/aromatic N) is 6. The van der Waals surface area contributed by atoms with Crippen LogP contribution in [0.5, 0.6) is 0 Å². The number of amides is 1. The topological polar surface area (TPSA) is 68.8 Å². The molecule has 1 atom stereocenters. The molecule has 1 aliphatic rings. The summed E-state index contributed by atoms with van der Waals surface area (Å²) >= 11 is 0. The Kier molecular flexibility index (Phi) is 5.00. The highest BCUT2D eigenvalue weighted by Crippen LogP contribution is 2.27. The van der Waals surface area contributed by atoms with Crippen LogP contribution in [0.3, 0.4) is 0 Å². The molecule has 1 amide bonds. The Morgan fingerprint density at radius 2 is 2.19 bits per heavy atom. The van der Waals surface area contributed by atoms with E-state index in [9.17, 15) is 4.79 Å². The largest absolute Gasteiger partial charge is 0.337 e. The van der Waals surface area contributed by atoms with Gasteiger partial charge in [0.1, 0.15) is 11.5 Å². The zero-order valence-electron chi connectivity index (χ0n) is 15.5. The fourth-order valence-corrected chi connectivity index (χ4v) is 3.80. The number of piperidine rings is 1. The molecule has 4 rings (SSSR count). The lowest BCUT2D eigenvalue weighted by molar-refractivity contribution is 0.0691. The number of pyridine rings is 1. The summed E-state index contributed by atoms with van der Waals surface area (Å²) in [6.07, 6.45) is 11.2. The van der Waals surface area contributed by atoms with Crippen molar-refractivity contribution in [1.29, 1.82) is 0 Å². The molecule has 4 heterocycles. The lowest BCUT2D eigenvalue weighted by Gasteiger charge is -2.32. The molecule has 0 aliphatic carbocycles. The normalized spacial score (nSPS) is 17.2. The van der Waals surface area contributed by atoms with Crippen molar-refractivity contribution in [3.8, 4) is 0 Å². The van der Waals surface area contributed by atoms with Crippen molar-refractivity contribution in [1.82, 2.24) is 29.2 Å². The molecular weight excluding hydrogens is 340 g/mol. The molecule has 0 radical (unpaired) electrons. The summed E-state index contributed by atoms with van der Waals surface area (Å²) in [4.78, 5) is 23.7. The first-order valence-electron chi connectivity index (χ1n) is 9.47. The Morgan fingerprint density at radius 1 is 1.26 bits per heavy atom. The van der Waals surface area contributed by atoms with E-state index in [1.54, 1.807) is 23.1 Å². The predicted octanol–water partition coefficient (Wildman–Crippen LogP) is 2.56. The number of aryl methyl sites for hydroxylation is 1. The molecule has 7 nitrogen and oxygen atoms in total. The molecule has 0 bridgehead atoms. The van der Waals surface area contributed by atoms with Gasteiger partial charge in [-0.05, 0) is 37.5 Å². The summed E-state index contributed by atoms with van der Waals surface area (Å²) in [5.74, 6) is 1.34. The van der Waals surface area contributed by atoms with Crippen molar-refractivity contribution in [2.45, 2.75) is 38.8 Å². The quantitative estimate of drug-likeness (QED) is 0.698. The Labute approximate surface area is 158 Å². The monoisotopic (exact) mass is 364 g/mol. The van der Waals surface area contributed by atoms with Gasteiger partial charge in [0.2, 0.25) is 0 Å². The van der Waals surface area contributed by atoms with E-state index in [0.29, 0.717) is 18.8 Å². The van der Waals surface area contributed by atoms with Gasteiger partial charge in [-0.2, -0.15) is 5.10 Å². The first-order chi connectivity index (χ1) is 13.3. The Bertz CT molecular complexity index is 900. The van der Waals surface area contributed by atoms with Crippen molar-refractivity contribution < 1.29 is 4.79 Å². The number of imidazole rings is 1. The molecule has 0 spiro atoms. The van der Waals surface area contributed by atoms with Crippen LogP contribution < -0.4 is 0 Å². The Balaban J connectivity index is 1.51. The lowest BCUT2D eigenvalue weighted by Crippen LogP contribution is -2.40. The van der Waals surface area contributed by atoms with E-state index in [2.05, 4.69) is 25.7 Å². The third-order valence-electron chi connectivity index (χ3n) is 5.13. The molecule has 1 unspecified atom stereocenters. The predicted molar refractivity (Wildman–Crippen MR) is 101 cm³/mol. The SMILES string of the molecule is CCn1nccc1C(=O)N1CCCC(c2nccn2Cc2cccnc2)C1. The van der Waals surface area contributed by atoms with Gasteiger partial charge in [0.25, 0.3) is 5.91 Å². The number of carbonyl (C=O) groups excluding carboxylic acids is 1. The van der Waals surface area contributed by atoms with E-state index in [0.717, 1.165) is 37.3 Å². The summed E-state index contributed by atoms with van der Waals surface area (Å²) in [6.45, 7) is 4.92. The van der Waals surface area contributed by atoms with Crippen LogP contribution >= 0.6 is 0 Å². The first-order valence-corrected chi connectivity index (χ1v) is 9.47. The molecular formula is C20H24N6O. The van der Waals surface area contributed by atoms with Gasteiger partial charge in [0.05, 0.1) is 6.54 Å². The standard InChI is InChI=1S/C20H24N6O/c1-2-26-18(7-9-23-26)20(27)25-11-4-6-17(15-25)19-22-10-12-24(19)14-16-5-3-8-21-13-16/h3,5,7-10,12-13,17H,2,4,6,11,14-15H2,1H3. The van der Waals surface area contributed by atoms with E-state index < -0.39 is 0 Å². The van der Waals surface area contributed by atoms with Crippen LogP contribution in [0.1, 0.15) is 47.6 Å². The van der Waals surface area contributed by atoms with Crippen LogP contribution in [-0.4, -0.2) is 48.2 Å². The average Bonchev–Trinajstić information content (AvgIpc) is 3.37. The van der Waals surface area contributed by atoms with Crippen molar-refractivity contribution >= 4 is 5.91 Å². The highest BCUT2D eigenvalue weighted by molar-refractivity contribution is 5.92. The first kappa shape index (κ1) is 17.5. The second-order valence-electron chi connectivity index (χ2n) is 6.90. The van der Waals surface area contributed by atoms with Gasteiger partial charge in [-0.1, -0.05) is 6.07 Å². The van der Waals surface area contributed by atoms with E-state index in [-0.39, 0.29) is 11.8 Å². The average molecular weight is 364 g/mol. The highest BCUT2D eigenvalue weighted by atomic mass is 16.2. The molecule has 1 fully saturated rings. The third-order valence-corrected chi connectivity index (χ3v) is 5.13. The fraction of sp³-hybridized carbons (Fsp3) is 0.400. The summed E-state index contributed by atoms with van der Waals surface area (Å²) in [6, 6.07) is 5.82. The van der Waals surface area contributed by atoms with Crippen molar-refractivity contribution in [2.24, 2.45) is 0 Å². The molecule has 1 saturated heterocycles. The van der Waals surface area contributed by atoms with Crippen LogP contribution in [0.25, 0.3) is 0 Å². The molecule has 0 saturated carbocycles. The number of aromatic nitrogens is 5. The van der Waals surface area contributed by atoms with E-state index in [4.69, 9.17) is 0 Å². The summed E-state index contributed by atoms with van der Waals surface area (Å²) < 4.78 is 3.93. The van der Waals surface area contributed by atoms with Gasteiger partial charge in [0, 0.05) is 56.5 Å². The molecule has 140 valence electrons. The minimum absolute atomic E-state index is 0.0596. The maximum absolute atomic E-state index is 13.0. The number of likely N-dealkylation sites (tertiary alicyclic amines) is 1. The minimum atomic E-state index is 0.0596. The zero-order valence-corrected chi connectivity index (χ0v) is 15.5. The summed E-state index contributed by atoms with van der Waals surface area (Å²) in [5, 5.41) is 4.23. The highest BCUT2D eigenvalue weighted by Gasteiger charge is 2.29. The minimum Gasteiger partial charge on any atom is -0.337 e. The lowest BCUT2D eigenvalue weighted by atomic mass is 9.96. The Hall–Kier alpha value is -2.96. The van der Waals surface area contributed by atoms with E-state index in [1.807, 2.05) is 36.5 Å². The van der Waals surface area contributed by atoms with E-state index in [1.165, 1.54) is 0 Å². The molecule has 1 aliphatic heterocycles. The van der Waals surface area contributed by atoms with Gasteiger partial charge in [-0.15, -0.1) is 0 Å². The van der Waals surface area contributed by atoms with Crippen LogP contribution in [0.2, 0.25) is 0 Å². The van der Waals surface area contributed by atoms with Crippen LogP contribution in [0, 0.1) is 0 Å². The van der Waals surface area contributed by atoms with E-state index >= 15 is 0 Å². The molecule has 27 heavy (non-hydrogen) atoms. The molecule has 7 heteroatoms. The summed E-state index contributed by atoms with van der Waals surface area (Å²) in [5.41, 5.74) is 1.81. The Morgan fingerprint density at radius 3 is 3.00 bits per heavy atom. The van der Waals surface area contributed by atoms with Gasteiger partial charge in [-0.25, -0.2) is 4.98 Å². The van der Waals surface area contributed by atoms with Gasteiger partial charge < -0.3 is 9.47 Å². The second kappa shape index (κ2) is 7.73.